The van der Waals surface area contributed by atoms with Crippen LogP contribution in [0.4, 0.5) is 0 Å². The van der Waals surface area contributed by atoms with Crippen molar-refractivity contribution in [3.63, 3.8) is 0 Å². The van der Waals surface area contributed by atoms with Crippen molar-refractivity contribution in [2.45, 2.75) is 6.42 Å². The standard InChI is InChI=1S/C23H21O5/c1-25-18-7-3-15(4-8-18)20-13-17(11-12-24)22-23(28-14-27-22)21(20)16-5-9-19(26-2)10-6-16/h3-10,24H,11-12,14H2,1-2H3. The minimum atomic E-state index is 0.0102. The SMILES string of the molecule is COc1ccc(-c2[c]c(CCO)c3c(c2-c2ccc(OC)cc2)OCO3)cc1. The van der Waals surface area contributed by atoms with Gasteiger partial charge < -0.3 is 24.1 Å². The fourth-order valence-electron chi connectivity index (χ4n) is 3.37. The first-order chi connectivity index (χ1) is 13.7. The first kappa shape index (κ1) is 18.2. The van der Waals surface area contributed by atoms with E-state index >= 15 is 0 Å². The Hall–Kier alpha value is -3.18. The molecule has 0 aliphatic carbocycles. The molecule has 0 spiro atoms. The summed E-state index contributed by atoms with van der Waals surface area (Å²) in [6.07, 6.45) is 0.442. The zero-order valence-corrected chi connectivity index (χ0v) is 15.8. The molecule has 3 aromatic carbocycles. The Balaban J connectivity index is 1.94. The maximum absolute atomic E-state index is 9.48. The van der Waals surface area contributed by atoms with Crippen LogP contribution in [-0.2, 0) is 6.42 Å². The number of rotatable bonds is 6. The van der Waals surface area contributed by atoms with E-state index < -0.39 is 0 Å². The molecule has 1 aliphatic heterocycles. The average molecular weight is 377 g/mol. The largest absolute Gasteiger partial charge is 0.497 e. The lowest BCUT2D eigenvalue weighted by Gasteiger charge is -2.16. The highest BCUT2D eigenvalue weighted by molar-refractivity contribution is 5.90. The number of ether oxygens (including phenoxy) is 4. The summed E-state index contributed by atoms with van der Waals surface area (Å²) in [5.41, 5.74) is 4.55. The number of hydrogen-bond donors (Lipinski definition) is 1. The summed E-state index contributed by atoms with van der Waals surface area (Å²) in [7, 11) is 3.29. The molecule has 1 aliphatic rings. The van der Waals surface area contributed by atoms with Crippen LogP contribution in [-0.4, -0.2) is 32.7 Å². The molecule has 0 unspecified atom stereocenters. The van der Waals surface area contributed by atoms with Crippen molar-refractivity contribution in [1.82, 2.24) is 0 Å². The fourth-order valence-corrected chi connectivity index (χ4v) is 3.37. The molecule has 0 saturated carbocycles. The normalized spacial score (nSPS) is 12.1. The molecule has 28 heavy (non-hydrogen) atoms. The van der Waals surface area contributed by atoms with E-state index in [4.69, 9.17) is 18.9 Å². The van der Waals surface area contributed by atoms with Crippen molar-refractivity contribution < 1.29 is 24.1 Å². The maximum Gasteiger partial charge on any atom is 0.231 e. The molecule has 0 atom stereocenters. The van der Waals surface area contributed by atoms with Gasteiger partial charge in [-0.15, -0.1) is 0 Å². The van der Waals surface area contributed by atoms with E-state index in [0.29, 0.717) is 17.9 Å². The number of aliphatic hydroxyl groups is 1. The van der Waals surface area contributed by atoms with Crippen LogP contribution in [0, 0.1) is 6.07 Å². The Morgan fingerprint density at radius 2 is 1.43 bits per heavy atom. The molecular formula is C23H21O5. The van der Waals surface area contributed by atoms with Gasteiger partial charge in [-0.3, -0.25) is 0 Å². The van der Waals surface area contributed by atoms with Crippen LogP contribution in [0.5, 0.6) is 23.0 Å². The Labute approximate surface area is 164 Å². The van der Waals surface area contributed by atoms with E-state index in [1.165, 1.54) is 0 Å². The summed E-state index contributed by atoms with van der Waals surface area (Å²) in [5, 5.41) is 9.48. The van der Waals surface area contributed by atoms with Gasteiger partial charge in [0.15, 0.2) is 11.5 Å². The van der Waals surface area contributed by atoms with Gasteiger partial charge in [0.1, 0.15) is 11.5 Å². The lowest BCUT2D eigenvalue weighted by molar-refractivity contribution is 0.173. The summed E-state index contributed by atoms with van der Waals surface area (Å²) in [6, 6.07) is 19.1. The van der Waals surface area contributed by atoms with Gasteiger partial charge in [-0.25, -0.2) is 0 Å². The molecule has 0 saturated heterocycles. The molecule has 4 rings (SSSR count). The first-order valence-electron chi connectivity index (χ1n) is 9.02. The van der Waals surface area contributed by atoms with Gasteiger partial charge >= 0.3 is 0 Å². The van der Waals surface area contributed by atoms with Crippen LogP contribution >= 0.6 is 0 Å². The Kier molecular flexibility index (Phi) is 5.08. The van der Waals surface area contributed by atoms with Crippen LogP contribution in [0.1, 0.15) is 5.56 Å². The lowest BCUT2D eigenvalue weighted by Crippen LogP contribution is -1.97. The smallest absolute Gasteiger partial charge is 0.231 e. The van der Waals surface area contributed by atoms with Gasteiger partial charge in [0.25, 0.3) is 0 Å². The molecule has 143 valence electrons. The molecule has 1 radical (unpaired) electrons. The zero-order chi connectivity index (χ0) is 19.5. The Morgan fingerprint density at radius 1 is 0.857 bits per heavy atom. The molecule has 3 aromatic rings. The van der Waals surface area contributed by atoms with Gasteiger partial charge in [-0.1, -0.05) is 24.3 Å². The maximum atomic E-state index is 9.48. The van der Waals surface area contributed by atoms with Gasteiger partial charge in [0.05, 0.1) is 14.2 Å². The van der Waals surface area contributed by atoms with E-state index in [1.54, 1.807) is 14.2 Å². The lowest BCUT2D eigenvalue weighted by atomic mass is 9.90. The molecule has 1 heterocycles. The predicted molar refractivity (Wildman–Crippen MR) is 106 cm³/mol. The average Bonchev–Trinajstić information content (AvgIpc) is 3.24. The molecule has 0 aromatic heterocycles. The third-order valence-corrected chi connectivity index (χ3v) is 4.76. The second-order valence-electron chi connectivity index (χ2n) is 6.35. The Bertz CT molecular complexity index is 962. The van der Waals surface area contributed by atoms with Crippen molar-refractivity contribution in [3.05, 3.63) is 60.2 Å². The third kappa shape index (κ3) is 3.25. The van der Waals surface area contributed by atoms with Crippen molar-refractivity contribution in [1.29, 1.82) is 0 Å². The van der Waals surface area contributed by atoms with Gasteiger partial charge in [-0.2, -0.15) is 0 Å². The molecule has 0 amide bonds. The first-order valence-corrected chi connectivity index (χ1v) is 9.02. The summed E-state index contributed by atoms with van der Waals surface area (Å²) in [5.74, 6) is 2.89. The summed E-state index contributed by atoms with van der Waals surface area (Å²) in [6.45, 7) is 0.160. The molecule has 1 N–H and O–H groups in total. The van der Waals surface area contributed by atoms with Gasteiger partial charge in [0.2, 0.25) is 6.79 Å². The minimum Gasteiger partial charge on any atom is -0.497 e. The molecule has 5 heteroatoms. The van der Waals surface area contributed by atoms with Crippen LogP contribution in [0.15, 0.2) is 48.5 Å². The van der Waals surface area contributed by atoms with Crippen molar-refractivity contribution >= 4 is 0 Å². The summed E-state index contributed by atoms with van der Waals surface area (Å²) >= 11 is 0. The van der Waals surface area contributed by atoms with Crippen molar-refractivity contribution in [2.75, 3.05) is 27.6 Å². The quantitative estimate of drug-likeness (QED) is 0.701. The predicted octanol–water partition coefficient (Wildman–Crippen LogP) is 4.10. The van der Waals surface area contributed by atoms with Gasteiger partial charge in [-0.05, 0) is 47.9 Å². The Morgan fingerprint density at radius 3 is 2.00 bits per heavy atom. The van der Waals surface area contributed by atoms with E-state index in [2.05, 4.69) is 6.07 Å². The van der Waals surface area contributed by atoms with E-state index in [1.807, 2.05) is 48.5 Å². The summed E-state index contributed by atoms with van der Waals surface area (Å²) in [4.78, 5) is 0. The highest BCUT2D eigenvalue weighted by Crippen LogP contribution is 2.49. The zero-order valence-electron chi connectivity index (χ0n) is 15.8. The van der Waals surface area contributed by atoms with E-state index in [-0.39, 0.29) is 13.4 Å². The highest BCUT2D eigenvalue weighted by atomic mass is 16.7. The van der Waals surface area contributed by atoms with Crippen LogP contribution in [0.3, 0.4) is 0 Å². The number of aliphatic hydroxyl groups excluding tert-OH is 1. The monoisotopic (exact) mass is 377 g/mol. The molecule has 0 bridgehead atoms. The van der Waals surface area contributed by atoms with Crippen LogP contribution < -0.4 is 18.9 Å². The number of fused-ring (bicyclic) bond motifs is 1. The highest BCUT2D eigenvalue weighted by Gasteiger charge is 2.27. The van der Waals surface area contributed by atoms with Crippen molar-refractivity contribution in [3.8, 4) is 45.3 Å². The van der Waals surface area contributed by atoms with E-state index in [0.717, 1.165) is 39.3 Å². The summed E-state index contributed by atoms with van der Waals surface area (Å²) < 4.78 is 22.1. The van der Waals surface area contributed by atoms with Gasteiger partial charge in [0, 0.05) is 23.3 Å². The van der Waals surface area contributed by atoms with Crippen LogP contribution in [0.2, 0.25) is 0 Å². The fraction of sp³-hybridized carbons (Fsp3) is 0.217. The molecule has 5 nitrogen and oxygen atoms in total. The third-order valence-electron chi connectivity index (χ3n) is 4.76. The molecular weight excluding hydrogens is 356 g/mol. The second kappa shape index (κ2) is 7.82. The van der Waals surface area contributed by atoms with Crippen molar-refractivity contribution in [2.24, 2.45) is 0 Å². The number of methoxy groups -OCH3 is 2. The van der Waals surface area contributed by atoms with Crippen LogP contribution in [0.25, 0.3) is 22.3 Å². The minimum absolute atomic E-state index is 0.0102. The van der Waals surface area contributed by atoms with E-state index in [9.17, 15) is 5.11 Å². The second-order valence-corrected chi connectivity index (χ2v) is 6.35. The number of hydrogen-bond acceptors (Lipinski definition) is 5. The molecule has 0 fully saturated rings. The topological polar surface area (TPSA) is 57.2 Å². The number of benzene rings is 3.